The molecule has 1 saturated heterocycles. The number of piperidine rings is 1. The summed E-state index contributed by atoms with van der Waals surface area (Å²) < 4.78 is 0. The SMILES string of the molecule is O=C(Nc1cccnc1)C1CCN(C(=O)/C=C/c2ccccc2)CC1. The molecule has 1 aliphatic rings. The van der Waals surface area contributed by atoms with Crippen LogP contribution in [-0.4, -0.2) is 34.8 Å². The molecule has 5 nitrogen and oxygen atoms in total. The van der Waals surface area contributed by atoms with Crippen molar-refractivity contribution in [3.8, 4) is 0 Å². The summed E-state index contributed by atoms with van der Waals surface area (Å²) in [6.45, 7) is 1.20. The van der Waals surface area contributed by atoms with Crippen LogP contribution < -0.4 is 5.32 Å². The molecule has 1 aliphatic heterocycles. The van der Waals surface area contributed by atoms with Gasteiger partial charge < -0.3 is 10.2 Å². The molecule has 0 spiro atoms. The number of carbonyl (C=O) groups excluding carboxylic acids is 2. The number of likely N-dealkylation sites (tertiary alicyclic amines) is 1. The average molecular weight is 335 g/mol. The van der Waals surface area contributed by atoms with E-state index in [-0.39, 0.29) is 17.7 Å². The number of amides is 2. The normalized spacial score (nSPS) is 15.3. The van der Waals surface area contributed by atoms with Crippen molar-refractivity contribution in [2.24, 2.45) is 5.92 Å². The fourth-order valence-corrected chi connectivity index (χ4v) is 2.88. The summed E-state index contributed by atoms with van der Waals surface area (Å²) in [5.74, 6) is -0.0720. The van der Waals surface area contributed by atoms with Crippen LogP contribution in [0.2, 0.25) is 0 Å². The Balaban J connectivity index is 1.49. The van der Waals surface area contributed by atoms with Crippen LogP contribution in [0.15, 0.2) is 60.9 Å². The van der Waals surface area contributed by atoms with Crippen LogP contribution in [0.5, 0.6) is 0 Å². The maximum absolute atomic E-state index is 12.3. The Morgan fingerprint density at radius 2 is 1.84 bits per heavy atom. The van der Waals surface area contributed by atoms with Crippen LogP contribution in [0.25, 0.3) is 6.08 Å². The van der Waals surface area contributed by atoms with E-state index >= 15 is 0 Å². The lowest BCUT2D eigenvalue weighted by molar-refractivity contribution is -0.130. The number of hydrogen-bond acceptors (Lipinski definition) is 3. The Morgan fingerprint density at radius 1 is 1.08 bits per heavy atom. The lowest BCUT2D eigenvalue weighted by Crippen LogP contribution is -2.40. The Hall–Kier alpha value is -2.95. The van der Waals surface area contributed by atoms with Gasteiger partial charge in [-0.25, -0.2) is 0 Å². The van der Waals surface area contributed by atoms with Crippen molar-refractivity contribution in [3.05, 3.63) is 66.5 Å². The van der Waals surface area contributed by atoms with Crippen LogP contribution in [0.1, 0.15) is 18.4 Å². The molecule has 2 heterocycles. The summed E-state index contributed by atoms with van der Waals surface area (Å²) >= 11 is 0. The van der Waals surface area contributed by atoms with Crippen molar-refractivity contribution in [2.75, 3.05) is 18.4 Å². The fourth-order valence-electron chi connectivity index (χ4n) is 2.88. The third-order valence-electron chi connectivity index (χ3n) is 4.32. The number of pyridine rings is 1. The Labute approximate surface area is 147 Å². The van der Waals surface area contributed by atoms with E-state index in [0.717, 1.165) is 5.56 Å². The average Bonchev–Trinajstić information content (AvgIpc) is 2.68. The number of anilines is 1. The molecule has 0 atom stereocenters. The zero-order valence-electron chi connectivity index (χ0n) is 14.0. The van der Waals surface area contributed by atoms with Crippen LogP contribution in [0.4, 0.5) is 5.69 Å². The second kappa shape index (κ2) is 8.24. The molecule has 1 aromatic carbocycles. The molecule has 2 amide bonds. The van der Waals surface area contributed by atoms with E-state index in [1.807, 2.05) is 42.5 Å². The molecule has 25 heavy (non-hydrogen) atoms. The summed E-state index contributed by atoms with van der Waals surface area (Å²) in [5, 5.41) is 2.88. The molecule has 0 bridgehead atoms. The molecule has 0 radical (unpaired) electrons. The number of carbonyl (C=O) groups is 2. The molecular formula is C20H21N3O2. The van der Waals surface area contributed by atoms with Gasteiger partial charge in [-0.15, -0.1) is 0 Å². The topological polar surface area (TPSA) is 62.3 Å². The number of nitrogens with zero attached hydrogens (tertiary/aromatic N) is 2. The van der Waals surface area contributed by atoms with E-state index in [1.54, 1.807) is 29.4 Å². The Kier molecular flexibility index (Phi) is 5.57. The molecule has 0 unspecified atom stereocenters. The first-order valence-electron chi connectivity index (χ1n) is 8.45. The van der Waals surface area contributed by atoms with Crippen LogP contribution >= 0.6 is 0 Å². The van der Waals surface area contributed by atoms with Crippen LogP contribution in [0.3, 0.4) is 0 Å². The highest BCUT2D eigenvalue weighted by molar-refractivity contribution is 5.94. The third kappa shape index (κ3) is 4.76. The van der Waals surface area contributed by atoms with Gasteiger partial charge in [0.1, 0.15) is 0 Å². The highest BCUT2D eigenvalue weighted by Gasteiger charge is 2.26. The predicted molar refractivity (Wildman–Crippen MR) is 97.6 cm³/mol. The Bertz CT molecular complexity index is 736. The van der Waals surface area contributed by atoms with Gasteiger partial charge in [0.05, 0.1) is 11.9 Å². The van der Waals surface area contributed by atoms with Crippen LogP contribution in [0, 0.1) is 5.92 Å². The van der Waals surface area contributed by atoms with Gasteiger partial charge in [-0.2, -0.15) is 0 Å². The first kappa shape index (κ1) is 16.9. The lowest BCUT2D eigenvalue weighted by atomic mass is 9.95. The number of rotatable bonds is 4. The van der Waals surface area contributed by atoms with Crippen molar-refractivity contribution in [2.45, 2.75) is 12.8 Å². The van der Waals surface area contributed by atoms with E-state index in [0.29, 0.717) is 31.6 Å². The Morgan fingerprint density at radius 3 is 2.52 bits per heavy atom. The minimum Gasteiger partial charge on any atom is -0.339 e. The molecule has 0 aliphatic carbocycles. The number of hydrogen-bond donors (Lipinski definition) is 1. The molecule has 128 valence electrons. The van der Waals surface area contributed by atoms with E-state index < -0.39 is 0 Å². The van der Waals surface area contributed by atoms with Gasteiger partial charge in [0.15, 0.2) is 0 Å². The summed E-state index contributed by atoms with van der Waals surface area (Å²) in [6.07, 6.45) is 8.08. The smallest absolute Gasteiger partial charge is 0.246 e. The summed E-state index contributed by atoms with van der Waals surface area (Å²) in [7, 11) is 0. The summed E-state index contributed by atoms with van der Waals surface area (Å²) in [5.41, 5.74) is 1.71. The molecule has 1 aromatic heterocycles. The van der Waals surface area contributed by atoms with E-state index in [1.165, 1.54) is 0 Å². The van der Waals surface area contributed by atoms with Crippen molar-refractivity contribution in [1.29, 1.82) is 0 Å². The van der Waals surface area contributed by atoms with Crippen molar-refractivity contribution in [1.82, 2.24) is 9.88 Å². The van der Waals surface area contributed by atoms with E-state index in [2.05, 4.69) is 10.3 Å². The van der Waals surface area contributed by atoms with Gasteiger partial charge in [-0.3, -0.25) is 14.6 Å². The van der Waals surface area contributed by atoms with Gasteiger partial charge >= 0.3 is 0 Å². The third-order valence-corrected chi connectivity index (χ3v) is 4.32. The van der Waals surface area contributed by atoms with Gasteiger partial charge in [0, 0.05) is 31.3 Å². The molecular weight excluding hydrogens is 314 g/mol. The summed E-state index contributed by atoms with van der Waals surface area (Å²) in [6, 6.07) is 13.3. The second-order valence-corrected chi connectivity index (χ2v) is 6.07. The van der Waals surface area contributed by atoms with Crippen molar-refractivity contribution in [3.63, 3.8) is 0 Å². The van der Waals surface area contributed by atoms with E-state index in [9.17, 15) is 9.59 Å². The molecule has 1 N–H and O–H groups in total. The number of nitrogens with one attached hydrogen (secondary N) is 1. The zero-order valence-corrected chi connectivity index (χ0v) is 14.0. The summed E-state index contributed by atoms with van der Waals surface area (Å²) in [4.78, 5) is 30.4. The first-order valence-corrected chi connectivity index (χ1v) is 8.45. The standard InChI is InChI=1S/C20H21N3O2/c24-19(9-8-16-5-2-1-3-6-16)23-13-10-17(11-14-23)20(25)22-18-7-4-12-21-15-18/h1-9,12,15,17H,10-11,13-14H2,(H,22,25)/b9-8+. The molecule has 2 aromatic rings. The van der Waals surface area contributed by atoms with Gasteiger partial charge in [-0.05, 0) is 36.6 Å². The zero-order chi connectivity index (χ0) is 17.5. The minimum atomic E-state index is -0.0673. The quantitative estimate of drug-likeness (QED) is 0.874. The predicted octanol–water partition coefficient (Wildman–Crippen LogP) is 2.97. The van der Waals surface area contributed by atoms with Gasteiger partial charge in [-0.1, -0.05) is 30.3 Å². The fraction of sp³-hybridized carbons (Fsp3) is 0.250. The van der Waals surface area contributed by atoms with Gasteiger partial charge in [0.2, 0.25) is 11.8 Å². The highest BCUT2D eigenvalue weighted by Crippen LogP contribution is 2.19. The lowest BCUT2D eigenvalue weighted by Gasteiger charge is -2.30. The first-order chi connectivity index (χ1) is 12.2. The van der Waals surface area contributed by atoms with Crippen LogP contribution in [-0.2, 0) is 9.59 Å². The molecule has 1 fully saturated rings. The number of benzene rings is 1. The maximum Gasteiger partial charge on any atom is 0.246 e. The van der Waals surface area contributed by atoms with Gasteiger partial charge in [0.25, 0.3) is 0 Å². The second-order valence-electron chi connectivity index (χ2n) is 6.07. The number of aromatic nitrogens is 1. The highest BCUT2D eigenvalue weighted by atomic mass is 16.2. The molecule has 5 heteroatoms. The maximum atomic E-state index is 12.3. The molecule has 0 saturated carbocycles. The van der Waals surface area contributed by atoms with Crippen molar-refractivity contribution >= 4 is 23.6 Å². The monoisotopic (exact) mass is 335 g/mol. The minimum absolute atomic E-state index is 0.0000679. The molecule has 3 rings (SSSR count). The largest absolute Gasteiger partial charge is 0.339 e. The van der Waals surface area contributed by atoms with E-state index in [4.69, 9.17) is 0 Å². The van der Waals surface area contributed by atoms with Crippen molar-refractivity contribution < 1.29 is 9.59 Å².